The van der Waals surface area contributed by atoms with E-state index in [1.54, 1.807) is 19.2 Å². The Hall–Kier alpha value is -2.34. The highest BCUT2D eigenvalue weighted by Gasteiger charge is 2.33. The number of carboxylic acid groups (broad SMARTS) is 1. The van der Waals surface area contributed by atoms with E-state index in [-0.39, 0.29) is 11.3 Å². The second kappa shape index (κ2) is 10.3. The molecule has 2 aromatic carbocycles. The Morgan fingerprint density at radius 3 is 2.29 bits per heavy atom. The van der Waals surface area contributed by atoms with Crippen molar-refractivity contribution in [3.8, 4) is 5.75 Å². The lowest BCUT2D eigenvalue weighted by Gasteiger charge is -2.14. The Bertz CT molecular complexity index is 872. The molecule has 0 amide bonds. The molecular formula is C22H28O5S. The molecule has 1 atom stereocenters. The molecule has 2 rings (SSSR count). The molecule has 0 spiro atoms. The highest BCUT2D eigenvalue weighted by molar-refractivity contribution is 7.92. The third-order valence-electron chi connectivity index (χ3n) is 4.85. The predicted octanol–water partition coefficient (Wildman–Crippen LogP) is 4.42. The van der Waals surface area contributed by atoms with Crippen LogP contribution in [-0.2, 0) is 21.1 Å². The number of benzene rings is 2. The number of unbranched alkanes of at least 4 members (excludes halogenated alkanes) is 3. The Balaban J connectivity index is 1.85. The van der Waals surface area contributed by atoms with Crippen molar-refractivity contribution < 1.29 is 23.1 Å². The first-order chi connectivity index (χ1) is 13.4. The zero-order valence-electron chi connectivity index (χ0n) is 16.4. The molecule has 0 bridgehead atoms. The number of aliphatic carboxylic acids is 1. The summed E-state index contributed by atoms with van der Waals surface area (Å²) in [6, 6.07) is 14.2. The van der Waals surface area contributed by atoms with Crippen molar-refractivity contribution >= 4 is 15.8 Å². The zero-order chi connectivity index (χ0) is 20.6. The standard InChI is InChI=1S/C22H28O5S/c1-17-13-15-19(16-14-17)28(25,26)21(22(23)24)12-6-4-3-5-9-18-10-7-8-11-20(18)27-2/h7-8,10-11,13-16,21H,3-6,9,12H2,1-2H3,(H,23,24). The molecule has 1 unspecified atom stereocenters. The number of aryl methyl sites for hydroxylation is 2. The second-order valence-corrected chi connectivity index (χ2v) is 9.08. The minimum Gasteiger partial charge on any atom is -0.496 e. The fourth-order valence-corrected chi connectivity index (χ4v) is 4.80. The van der Waals surface area contributed by atoms with Gasteiger partial charge in [-0.25, -0.2) is 8.42 Å². The number of methoxy groups -OCH3 is 1. The lowest BCUT2D eigenvalue weighted by atomic mass is 10.0. The number of rotatable bonds is 11. The molecule has 0 heterocycles. The van der Waals surface area contributed by atoms with Crippen LogP contribution in [0.1, 0.15) is 43.2 Å². The van der Waals surface area contributed by atoms with Crippen molar-refractivity contribution in [1.29, 1.82) is 0 Å². The van der Waals surface area contributed by atoms with Crippen LogP contribution in [0.15, 0.2) is 53.4 Å². The molecule has 0 aromatic heterocycles. The maximum absolute atomic E-state index is 12.7. The summed E-state index contributed by atoms with van der Waals surface area (Å²) in [4.78, 5) is 11.6. The van der Waals surface area contributed by atoms with Crippen LogP contribution < -0.4 is 4.74 Å². The van der Waals surface area contributed by atoms with Crippen LogP contribution in [0.4, 0.5) is 0 Å². The minimum absolute atomic E-state index is 0.0710. The van der Waals surface area contributed by atoms with Crippen molar-refractivity contribution in [2.75, 3.05) is 7.11 Å². The van der Waals surface area contributed by atoms with E-state index in [4.69, 9.17) is 4.74 Å². The van der Waals surface area contributed by atoms with E-state index in [2.05, 4.69) is 0 Å². The van der Waals surface area contributed by atoms with Gasteiger partial charge in [0.25, 0.3) is 0 Å². The van der Waals surface area contributed by atoms with Crippen LogP contribution in [0.3, 0.4) is 0 Å². The van der Waals surface area contributed by atoms with Gasteiger partial charge in [-0.05, 0) is 49.9 Å². The number of hydrogen-bond donors (Lipinski definition) is 1. The summed E-state index contributed by atoms with van der Waals surface area (Å²) in [7, 11) is -2.23. The predicted molar refractivity (Wildman–Crippen MR) is 110 cm³/mol. The van der Waals surface area contributed by atoms with Gasteiger partial charge in [0.1, 0.15) is 5.75 Å². The van der Waals surface area contributed by atoms with Gasteiger partial charge in [-0.15, -0.1) is 0 Å². The van der Waals surface area contributed by atoms with Crippen LogP contribution in [0.5, 0.6) is 5.75 Å². The Kier molecular flexibility index (Phi) is 8.05. The first-order valence-electron chi connectivity index (χ1n) is 9.51. The second-order valence-electron chi connectivity index (χ2n) is 6.95. The summed E-state index contributed by atoms with van der Waals surface area (Å²) in [5.41, 5.74) is 2.08. The fraction of sp³-hybridized carbons (Fsp3) is 0.409. The van der Waals surface area contributed by atoms with Crippen LogP contribution >= 0.6 is 0 Å². The van der Waals surface area contributed by atoms with E-state index in [0.29, 0.717) is 6.42 Å². The van der Waals surface area contributed by atoms with E-state index < -0.39 is 21.1 Å². The molecule has 0 saturated heterocycles. The van der Waals surface area contributed by atoms with Crippen molar-refractivity contribution in [2.45, 2.75) is 55.6 Å². The monoisotopic (exact) mass is 404 g/mol. The molecule has 2 aromatic rings. The Labute approximate surface area is 167 Å². The molecule has 0 aliphatic heterocycles. The van der Waals surface area contributed by atoms with E-state index in [0.717, 1.165) is 42.6 Å². The zero-order valence-corrected chi connectivity index (χ0v) is 17.2. The number of para-hydroxylation sites is 1. The number of ether oxygens (including phenoxy) is 1. The van der Waals surface area contributed by atoms with E-state index in [1.165, 1.54) is 12.1 Å². The molecular weight excluding hydrogens is 376 g/mol. The van der Waals surface area contributed by atoms with Crippen LogP contribution in [-0.4, -0.2) is 31.9 Å². The van der Waals surface area contributed by atoms with Gasteiger partial charge in [0.15, 0.2) is 15.1 Å². The number of hydrogen-bond acceptors (Lipinski definition) is 4. The van der Waals surface area contributed by atoms with Crippen molar-refractivity contribution in [1.82, 2.24) is 0 Å². The van der Waals surface area contributed by atoms with Gasteiger partial charge in [-0.2, -0.15) is 0 Å². The maximum Gasteiger partial charge on any atom is 0.322 e. The summed E-state index contributed by atoms with van der Waals surface area (Å²) in [5.74, 6) is -0.410. The van der Waals surface area contributed by atoms with Gasteiger partial charge < -0.3 is 9.84 Å². The van der Waals surface area contributed by atoms with Gasteiger partial charge in [0.05, 0.1) is 12.0 Å². The third-order valence-corrected chi connectivity index (χ3v) is 6.97. The molecule has 1 N–H and O–H groups in total. The van der Waals surface area contributed by atoms with Gasteiger partial charge in [-0.1, -0.05) is 55.2 Å². The summed E-state index contributed by atoms with van der Waals surface area (Å²) in [6.07, 6.45) is 4.22. The highest BCUT2D eigenvalue weighted by Crippen LogP contribution is 2.23. The van der Waals surface area contributed by atoms with Crippen LogP contribution in [0.2, 0.25) is 0 Å². The first-order valence-corrected chi connectivity index (χ1v) is 11.1. The molecule has 0 saturated carbocycles. The Morgan fingerprint density at radius 1 is 1.00 bits per heavy atom. The minimum atomic E-state index is -3.88. The topological polar surface area (TPSA) is 80.7 Å². The molecule has 28 heavy (non-hydrogen) atoms. The van der Waals surface area contributed by atoms with Crippen molar-refractivity contribution in [3.63, 3.8) is 0 Å². The number of carbonyl (C=O) groups is 1. The molecule has 5 nitrogen and oxygen atoms in total. The average molecular weight is 405 g/mol. The summed E-state index contributed by atoms with van der Waals surface area (Å²) in [6.45, 7) is 1.86. The summed E-state index contributed by atoms with van der Waals surface area (Å²) < 4.78 is 30.7. The van der Waals surface area contributed by atoms with E-state index >= 15 is 0 Å². The highest BCUT2D eigenvalue weighted by atomic mass is 32.2. The van der Waals surface area contributed by atoms with E-state index in [1.807, 2.05) is 31.2 Å². The van der Waals surface area contributed by atoms with Crippen molar-refractivity contribution in [2.24, 2.45) is 0 Å². The molecule has 6 heteroatoms. The fourth-order valence-electron chi connectivity index (χ4n) is 3.21. The van der Waals surface area contributed by atoms with Crippen molar-refractivity contribution in [3.05, 3.63) is 59.7 Å². The third kappa shape index (κ3) is 5.83. The SMILES string of the molecule is COc1ccccc1CCCCCCC(C(=O)O)S(=O)(=O)c1ccc(C)cc1. The first kappa shape index (κ1) is 22.0. The average Bonchev–Trinajstić information content (AvgIpc) is 2.67. The maximum atomic E-state index is 12.7. The van der Waals surface area contributed by atoms with Gasteiger partial charge in [0, 0.05) is 0 Å². The lowest BCUT2D eigenvalue weighted by Crippen LogP contribution is -2.30. The quantitative estimate of drug-likeness (QED) is 0.561. The smallest absolute Gasteiger partial charge is 0.322 e. The van der Waals surface area contributed by atoms with E-state index in [9.17, 15) is 18.3 Å². The number of sulfone groups is 1. The van der Waals surface area contributed by atoms with Crippen LogP contribution in [0.25, 0.3) is 0 Å². The summed E-state index contributed by atoms with van der Waals surface area (Å²) >= 11 is 0. The molecule has 0 fully saturated rings. The van der Waals surface area contributed by atoms with Gasteiger partial charge >= 0.3 is 5.97 Å². The lowest BCUT2D eigenvalue weighted by molar-refractivity contribution is -0.136. The van der Waals surface area contributed by atoms with Gasteiger partial charge in [0.2, 0.25) is 0 Å². The Morgan fingerprint density at radius 2 is 1.64 bits per heavy atom. The van der Waals surface area contributed by atoms with Crippen LogP contribution in [0, 0.1) is 6.92 Å². The van der Waals surface area contributed by atoms with Gasteiger partial charge in [-0.3, -0.25) is 4.79 Å². The molecule has 0 aliphatic carbocycles. The molecule has 152 valence electrons. The normalized spacial score (nSPS) is 12.5. The number of carboxylic acids is 1. The summed E-state index contributed by atoms with van der Waals surface area (Å²) in [5, 5.41) is 8.04. The molecule has 0 radical (unpaired) electrons. The largest absolute Gasteiger partial charge is 0.496 e. The molecule has 0 aliphatic rings.